The van der Waals surface area contributed by atoms with Crippen molar-refractivity contribution in [2.75, 3.05) is 13.2 Å². The summed E-state index contributed by atoms with van der Waals surface area (Å²) < 4.78 is 6.79. The number of nitrogens with zero attached hydrogens (tertiary/aromatic N) is 3. The Morgan fingerprint density at radius 2 is 2.20 bits per heavy atom. The number of carbonyl (C=O) groups excluding carboxylic acids is 2. The molecule has 7 heteroatoms. The van der Waals surface area contributed by atoms with Crippen molar-refractivity contribution in [1.29, 1.82) is 0 Å². The molecule has 0 radical (unpaired) electrons. The zero-order valence-electron chi connectivity index (χ0n) is 11.5. The molecule has 1 amide bonds. The van der Waals surface area contributed by atoms with Crippen molar-refractivity contribution < 1.29 is 14.3 Å². The van der Waals surface area contributed by atoms with Crippen LogP contribution >= 0.6 is 0 Å². The second-order valence-corrected chi connectivity index (χ2v) is 4.90. The number of amides is 1. The molecule has 0 bridgehead atoms. The summed E-state index contributed by atoms with van der Waals surface area (Å²) in [6, 6.07) is 0. The lowest BCUT2D eigenvalue weighted by molar-refractivity contribution is -0.144. The normalized spacial score (nSPS) is 14.0. The maximum atomic E-state index is 11.4. The third-order valence-corrected chi connectivity index (χ3v) is 3.07. The Morgan fingerprint density at radius 1 is 1.35 bits per heavy atom. The number of hydrogen-bond donors (Lipinski definition) is 1. The van der Waals surface area contributed by atoms with Gasteiger partial charge in [-0.25, -0.2) is 4.98 Å². The molecular formula is C13H20N4O3. The second-order valence-electron chi connectivity index (χ2n) is 4.90. The van der Waals surface area contributed by atoms with E-state index in [0.717, 1.165) is 12.8 Å². The average molecular weight is 280 g/mol. The second kappa shape index (κ2) is 7.62. The van der Waals surface area contributed by atoms with Crippen molar-refractivity contribution in [2.45, 2.75) is 38.6 Å². The molecular weight excluding hydrogens is 260 g/mol. The van der Waals surface area contributed by atoms with Gasteiger partial charge in [0.2, 0.25) is 5.91 Å². The fourth-order valence-electron chi connectivity index (χ4n) is 1.77. The van der Waals surface area contributed by atoms with Gasteiger partial charge < -0.3 is 10.1 Å². The van der Waals surface area contributed by atoms with Gasteiger partial charge in [0, 0.05) is 31.8 Å². The summed E-state index contributed by atoms with van der Waals surface area (Å²) in [6.07, 6.45) is 6.79. The minimum Gasteiger partial charge on any atom is -0.466 e. The van der Waals surface area contributed by atoms with E-state index < -0.39 is 0 Å². The highest BCUT2D eigenvalue weighted by atomic mass is 16.5. The molecule has 2 rings (SSSR count). The molecule has 1 aromatic rings. The minimum absolute atomic E-state index is 0.117. The van der Waals surface area contributed by atoms with E-state index in [-0.39, 0.29) is 17.8 Å². The van der Waals surface area contributed by atoms with Gasteiger partial charge in [-0.3, -0.25) is 14.3 Å². The lowest BCUT2D eigenvalue weighted by atomic mass is 10.3. The molecule has 1 aliphatic carbocycles. The molecule has 1 aliphatic rings. The Labute approximate surface area is 117 Å². The molecule has 7 nitrogen and oxygen atoms in total. The molecule has 0 saturated heterocycles. The molecule has 110 valence electrons. The highest BCUT2D eigenvalue weighted by Crippen LogP contribution is 2.28. The van der Waals surface area contributed by atoms with Crippen molar-refractivity contribution in [2.24, 2.45) is 5.92 Å². The van der Waals surface area contributed by atoms with Crippen molar-refractivity contribution in [3.05, 3.63) is 12.7 Å². The predicted octanol–water partition coefficient (Wildman–Crippen LogP) is 0.518. The van der Waals surface area contributed by atoms with Crippen LogP contribution in [-0.2, 0) is 20.9 Å². The van der Waals surface area contributed by atoms with E-state index in [4.69, 9.17) is 4.74 Å². The zero-order chi connectivity index (χ0) is 14.2. The highest BCUT2D eigenvalue weighted by Gasteiger charge is 2.28. The Balaban J connectivity index is 1.42. The lowest BCUT2D eigenvalue weighted by Crippen LogP contribution is -2.26. The topological polar surface area (TPSA) is 86.1 Å². The maximum absolute atomic E-state index is 11.4. The Morgan fingerprint density at radius 3 is 2.90 bits per heavy atom. The van der Waals surface area contributed by atoms with E-state index in [1.165, 1.54) is 6.33 Å². The van der Waals surface area contributed by atoms with Crippen LogP contribution in [0.25, 0.3) is 0 Å². The summed E-state index contributed by atoms with van der Waals surface area (Å²) in [4.78, 5) is 26.6. The summed E-state index contributed by atoms with van der Waals surface area (Å²) in [5.41, 5.74) is 0. The van der Waals surface area contributed by atoms with Crippen LogP contribution in [0.5, 0.6) is 0 Å². The summed E-state index contributed by atoms with van der Waals surface area (Å²) in [7, 11) is 0. The van der Waals surface area contributed by atoms with Crippen LogP contribution in [0.1, 0.15) is 32.1 Å². The molecule has 1 saturated carbocycles. The summed E-state index contributed by atoms with van der Waals surface area (Å²) in [6.45, 7) is 1.61. The number of esters is 1. The van der Waals surface area contributed by atoms with Crippen molar-refractivity contribution >= 4 is 11.9 Å². The van der Waals surface area contributed by atoms with E-state index in [1.54, 1.807) is 11.0 Å². The van der Waals surface area contributed by atoms with Crippen molar-refractivity contribution in [3.63, 3.8) is 0 Å². The number of rotatable bonds is 9. The first-order valence-corrected chi connectivity index (χ1v) is 7.01. The van der Waals surface area contributed by atoms with Gasteiger partial charge in [-0.05, 0) is 19.3 Å². The van der Waals surface area contributed by atoms with Crippen molar-refractivity contribution in [3.8, 4) is 0 Å². The Hall–Kier alpha value is -1.92. The molecule has 0 spiro atoms. The Bertz CT molecular complexity index is 429. The van der Waals surface area contributed by atoms with Gasteiger partial charge in [-0.2, -0.15) is 5.10 Å². The van der Waals surface area contributed by atoms with Gasteiger partial charge in [-0.15, -0.1) is 0 Å². The lowest BCUT2D eigenvalue weighted by Gasteiger charge is -2.06. The molecule has 0 aliphatic heterocycles. The number of aromatic nitrogens is 3. The first-order chi connectivity index (χ1) is 9.75. The van der Waals surface area contributed by atoms with Gasteiger partial charge in [0.15, 0.2) is 0 Å². The van der Waals surface area contributed by atoms with Crippen LogP contribution < -0.4 is 5.32 Å². The summed E-state index contributed by atoms with van der Waals surface area (Å²) in [5, 5.41) is 6.77. The van der Waals surface area contributed by atoms with E-state index in [1.807, 2.05) is 0 Å². The molecule has 20 heavy (non-hydrogen) atoms. The van der Waals surface area contributed by atoms with Crippen LogP contribution in [0.15, 0.2) is 12.7 Å². The quantitative estimate of drug-likeness (QED) is 0.526. The number of carbonyl (C=O) groups is 2. The van der Waals surface area contributed by atoms with Crippen molar-refractivity contribution in [1.82, 2.24) is 20.1 Å². The molecule has 1 fully saturated rings. The standard InChI is InChI=1S/C13H20N4O3/c18-12(3-1-6-15-13(19)11-4-5-11)20-8-2-7-17-10-14-9-16-17/h9-11H,1-8H2,(H,15,19). The first-order valence-electron chi connectivity index (χ1n) is 7.01. The van der Waals surface area contributed by atoms with Gasteiger partial charge in [0.25, 0.3) is 0 Å². The smallest absolute Gasteiger partial charge is 0.305 e. The molecule has 1 heterocycles. The van der Waals surface area contributed by atoms with Crippen LogP contribution in [0.2, 0.25) is 0 Å². The van der Waals surface area contributed by atoms with E-state index >= 15 is 0 Å². The molecule has 0 atom stereocenters. The SMILES string of the molecule is O=C(CCCNC(=O)C1CC1)OCCCn1cncn1. The minimum atomic E-state index is -0.218. The van der Waals surface area contributed by atoms with Gasteiger partial charge in [0.05, 0.1) is 6.61 Å². The van der Waals surface area contributed by atoms with Gasteiger partial charge in [-0.1, -0.05) is 0 Å². The molecule has 0 unspecified atom stereocenters. The summed E-state index contributed by atoms with van der Waals surface area (Å²) in [5.74, 6) is 0.120. The fraction of sp³-hybridized carbons (Fsp3) is 0.692. The number of aryl methyl sites for hydroxylation is 1. The first kappa shape index (κ1) is 14.5. The highest BCUT2D eigenvalue weighted by molar-refractivity contribution is 5.80. The maximum Gasteiger partial charge on any atom is 0.305 e. The van der Waals surface area contributed by atoms with Crippen LogP contribution in [0.4, 0.5) is 0 Å². The van der Waals surface area contributed by atoms with Crippen LogP contribution in [-0.4, -0.2) is 39.8 Å². The third kappa shape index (κ3) is 5.38. The fourth-order valence-corrected chi connectivity index (χ4v) is 1.77. The molecule has 1 N–H and O–H groups in total. The predicted molar refractivity (Wildman–Crippen MR) is 70.6 cm³/mol. The van der Waals surface area contributed by atoms with E-state index in [2.05, 4.69) is 15.4 Å². The monoisotopic (exact) mass is 280 g/mol. The Kier molecular flexibility index (Phi) is 5.52. The molecule has 1 aromatic heterocycles. The molecule has 0 aromatic carbocycles. The van der Waals surface area contributed by atoms with Gasteiger partial charge >= 0.3 is 5.97 Å². The largest absolute Gasteiger partial charge is 0.466 e. The van der Waals surface area contributed by atoms with Gasteiger partial charge in [0.1, 0.15) is 12.7 Å². The van der Waals surface area contributed by atoms with E-state index in [0.29, 0.717) is 39.0 Å². The number of hydrogen-bond acceptors (Lipinski definition) is 5. The number of ether oxygens (including phenoxy) is 1. The number of nitrogens with one attached hydrogen (secondary N) is 1. The third-order valence-electron chi connectivity index (χ3n) is 3.07. The average Bonchev–Trinajstić information content (AvgIpc) is 3.17. The van der Waals surface area contributed by atoms with E-state index in [9.17, 15) is 9.59 Å². The van der Waals surface area contributed by atoms with Crippen LogP contribution in [0.3, 0.4) is 0 Å². The van der Waals surface area contributed by atoms with Crippen LogP contribution in [0, 0.1) is 5.92 Å². The summed E-state index contributed by atoms with van der Waals surface area (Å²) >= 11 is 0. The zero-order valence-corrected chi connectivity index (χ0v) is 11.5.